The van der Waals surface area contributed by atoms with Crippen molar-refractivity contribution in [1.29, 1.82) is 0 Å². The van der Waals surface area contributed by atoms with E-state index in [-0.39, 0.29) is 24.6 Å². The second-order valence-corrected chi connectivity index (χ2v) is 7.11. The van der Waals surface area contributed by atoms with Crippen LogP contribution in [0.5, 0.6) is 0 Å². The summed E-state index contributed by atoms with van der Waals surface area (Å²) in [6.45, 7) is 0.117. The minimum atomic E-state index is -0.279. The molecule has 1 fully saturated rings. The Bertz CT molecular complexity index is 614. The van der Waals surface area contributed by atoms with Gasteiger partial charge >= 0.3 is 6.03 Å². The van der Waals surface area contributed by atoms with E-state index in [0.717, 1.165) is 36.3 Å². The fraction of sp³-hybridized carbons (Fsp3) is 0.500. The van der Waals surface area contributed by atoms with Gasteiger partial charge in [-0.25, -0.2) is 4.79 Å². The maximum absolute atomic E-state index is 12.1. The van der Waals surface area contributed by atoms with Crippen LogP contribution >= 0.6 is 22.7 Å². The lowest BCUT2D eigenvalue weighted by molar-refractivity contribution is 0.156. The van der Waals surface area contributed by atoms with E-state index in [0.29, 0.717) is 5.13 Å². The van der Waals surface area contributed by atoms with E-state index in [1.165, 1.54) is 11.3 Å². The van der Waals surface area contributed by atoms with Crippen LogP contribution in [0.3, 0.4) is 0 Å². The summed E-state index contributed by atoms with van der Waals surface area (Å²) in [6.07, 6.45) is 4.07. The summed E-state index contributed by atoms with van der Waals surface area (Å²) in [7, 11) is 0. The molecule has 1 aliphatic rings. The SMILES string of the molecule is O=C(Nc1nnc(-c2ccsc2)s1)N[C@@H]1CCCC[C@@H]1CO. The Hall–Kier alpha value is -1.51. The summed E-state index contributed by atoms with van der Waals surface area (Å²) in [5, 5.41) is 28.4. The number of aliphatic hydroxyl groups excluding tert-OH is 1. The number of hydrogen-bond donors (Lipinski definition) is 3. The molecule has 0 spiro atoms. The number of thiophene rings is 1. The first-order valence-electron chi connectivity index (χ1n) is 7.30. The van der Waals surface area contributed by atoms with E-state index in [1.54, 1.807) is 11.3 Å². The number of urea groups is 1. The molecule has 0 bridgehead atoms. The standard InChI is InChI=1S/C14H18N4O2S2/c19-7-9-3-1-2-4-11(9)15-13(20)16-14-18-17-12(22-14)10-5-6-21-8-10/h5-6,8-9,11,19H,1-4,7H2,(H2,15,16,18,20)/t9-,11-/m1/s1. The molecule has 6 nitrogen and oxygen atoms in total. The van der Waals surface area contributed by atoms with Crippen molar-refractivity contribution in [3.8, 4) is 10.6 Å². The third-order valence-corrected chi connectivity index (χ3v) is 5.44. The summed E-state index contributed by atoms with van der Waals surface area (Å²) < 4.78 is 0. The van der Waals surface area contributed by atoms with Gasteiger partial charge in [-0.05, 0) is 24.3 Å². The highest BCUT2D eigenvalue weighted by molar-refractivity contribution is 7.19. The van der Waals surface area contributed by atoms with Crippen molar-refractivity contribution in [2.45, 2.75) is 31.7 Å². The number of hydrogen-bond acceptors (Lipinski definition) is 6. The summed E-state index contributed by atoms with van der Waals surface area (Å²) in [6, 6.07) is 1.73. The predicted molar refractivity (Wildman–Crippen MR) is 88.2 cm³/mol. The Labute approximate surface area is 136 Å². The number of carbonyl (C=O) groups is 1. The normalized spacial score (nSPS) is 21.5. The van der Waals surface area contributed by atoms with E-state index in [4.69, 9.17) is 0 Å². The van der Waals surface area contributed by atoms with Crippen LogP contribution in [-0.4, -0.2) is 34.0 Å². The molecule has 2 aromatic rings. The molecule has 0 radical (unpaired) electrons. The summed E-state index contributed by atoms with van der Waals surface area (Å²) in [5.74, 6) is 0.148. The Morgan fingerprint density at radius 1 is 1.36 bits per heavy atom. The molecule has 8 heteroatoms. The van der Waals surface area contributed by atoms with Crippen LogP contribution in [0.2, 0.25) is 0 Å². The largest absolute Gasteiger partial charge is 0.396 e. The second kappa shape index (κ2) is 7.17. The van der Waals surface area contributed by atoms with Crippen LogP contribution in [0.1, 0.15) is 25.7 Å². The quantitative estimate of drug-likeness (QED) is 0.800. The molecule has 0 aliphatic heterocycles. The molecule has 118 valence electrons. The number of rotatable bonds is 4. The molecule has 2 aromatic heterocycles. The van der Waals surface area contributed by atoms with Crippen molar-refractivity contribution in [2.24, 2.45) is 5.92 Å². The molecule has 2 heterocycles. The number of aliphatic hydroxyl groups is 1. The molecule has 2 atom stereocenters. The molecule has 22 heavy (non-hydrogen) atoms. The van der Waals surface area contributed by atoms with Crippen LogP contribution < -0.4 is 10.6 Å². The first kappa shape index (κ1) is 15.4. The number of nitrogens with zero attached hydrogens (tertiary/aromatic N) is 2. The van der Waals surface area contributed by atoms with Gasteiger partial charge in [0.15, 0.2) is 0 Å². The fourth-order valence-corrected chi connectivity index (χ4v) is 4.14. The lowest BCUT2D eigenvalue weighted by Crippen LogP contribution is -2.45. The van der Waals surface area contributed by atoms with Gasteiger partial charge in [-0.3, -0.25) is 5.32 Å². The molecule has 1 aliphatic carbocycles. The molecular formula is C14H18N4O2S2. The van der Waals surface area contributed by atoms with Crippen LogP contribution in [0.4, 0.5) is 9.93 Å². The van der Waals surface area contributed by atoms with Crippen LogP contribution in [0.15, 0.2) is 16.8 Å². The average molecular weight is 338 g/mol. The molecular weight excluding hydrogens is 320 g/mol. The first-order chi connectivity index (χ1) is 10.8. The van der Waals surface area contributed by atoms with Gasteiger partial charge in [0.05, 0.1) is 0 Å². The number of carbonyl (C=O) groups excluding carboxylic acids is 1. The summed E-state index contributed by atoms with van der Waals surface area (Å²) >= 11 is 2.95. The summed E-state index contributed by atoms with van der Waals surface area (Å²) in [4.78, 5) is 12.1. The highest BCUT2D eigenvalue weighted by atomic mass is 32.1. The van der Waals surface area contributed by atoms with Crippen molar-refractivity contribution < 1.29 is 9.90 Å². The molecule has 1 saturated carbocycles. The lowest BCUT2D eigenvalue weighted by atomic mass is 9.85. The van der Waals surface area contributed by atoms with Crippen molar-refractivity contribution in [1.82, 2.24) is 15.5 Å². The molecule has 0 unspecified atom stereocenters. The fourth-order valence-electron chi connectivity index (χ4n) is 2.69. The Morgan fingerprint density at radius 2 is 2.23 bits per heavy atom. The van der Waals surface area contributed by atoms with Crippen molar-refractivity contribution in [3.63, 3.8) is 0 Å². The maximum atomic E-state index is 12.1. The van der Waals surface area contributed by atoms with Crippen molar-refractivity contribution >= 4 is 33.8 Å². The smallest absolute Gasteiger partial charge is 0.321 e. The van der Waals surface area contributed by atoms with Gasteiger partial charge in [0.25, 0.3) is 0 Å². The van der Waals surface area contributed by atoms with Gasteiger partial charge in [0.1, 0.15) is 5.01 Å². The molecule has 2 amide bonds. The van der Waals surface area contributed by atoms with Crippen molar-refractivity contribution in [3.05, 3.63) is 16.8 Å². The first-order valence-corrected chi connectivity index (χ1v) is 9.06. The van der Waals surface area contributed by atoms with E-state index < -0.39 is 0 Å². The Morgan fingerprint density at radius 3 is 3.00 bits per heavy atom. The van der Waals surface area contributed by atoms with E-state index >= 15 is 0 Å². The Balaban J connectivity index is 1.57. The minimum absolute atomic E-state index is 0.0306. The molecule has 3 rings (SSSR count). The van der Waals surface area contributed by atoms with Gasteiger partial charge in [-0.2, -0.15) is 11.3 Å². The van der Waals surface area contributed by atoms with Crippen LogP contribution in [0.25, 0.3) is 10.6 Å². The average Bonchev–Trinajstić information content (AvgIpc) is 3.18. The number of anilines is 1. The third-order valence-electron chi connectivity index (χ3n) is 3.87. The van der Waals surface area contributed by atoms with E-state index in [9.17, 15) is 9.90 Å². The van der Waals surface area contributed by atoms with Crippen LogP contribution in [0, 0.1) is 5.92 Å². The number of nitrogens with one attached hydrogen (secondary N) is 2. The number of aromatic nitrogens is 2. The van der Waals surface area contributed by atoms with E-state index in [2.05, 4.69) is 20.8 Å². The topological polar surface area (TPSA) is 87.1 Å². The summed E-state index contributed by atoms with van der Waals surface area (Å²) in [5.41, 5.74) is 1.02. The van der Waals surface area contributed by atoms with E-state index in [1.807, 2.05) is 16.8 Å². The van der Waals surface area contributed by atoms with Crippen molar-refractivity contribution in [2.75, 3.05) is 11.9 Å². The van der Waals surface area contributed by atoms with Gasteiger partial charge in [-0.15, -0.1) is 10.2 Å². The van der Waals surface area contributed by atoms with Gasteiger partial charge < -0.3 is 10.4 Å². The maximum Gasteiger partial charge on any atom is 0.321 e. The van der Waals surface area contributed by atoms with Gasteiger partial charge in [0.2, 0.25) is 5.13 Å². The zero-order chi connectivity index (χ0) is 15.4. The highest BCUT2D eigenvalue weighted by Gasteiger charge is 2.26. The zero-order valence-electron chi connectivity index (χ0n) is 12.0. The van der Waals surface area contributed by atoms with Gasteiger partial charge in [-0.1, -0.05) is 24.2 Å². The second-order valence-electron chi connectivity index (χ2n) is 5.36. The Kier molecular flexibility index (Phi) is 5.01. The lowest BCUT2D eigenvalue weighted by Gasteiger charge is -2.30. The predicted octanol–water partition coefficient (Wildman–Crippen LogP) is 2.94. The zero-order valence-corrected chi connectivity index (χ0v) is 13.6. The van der Waals surface area contributed by atoms with Gasteiger partial charge in [0, 0.05) is 29.5 Å². The highest BCUT2D eigenvalue weighted by Crippen LogP contribution is 2.28. The molecule has 3 N–H and O–H groups in total. The molecule has 0 saturated heterocycles. The molecule has 0 aromatic carbocycles. The third kappa shape index (κ3) is 3.63. The monoisotopic (exact) mass is 338 g/mol. The minimum Gasteiger partial charge on any atom is -0.396 e. The number of amides is 2. The van der Waals surface area contributed by atoms with Crippen LogP contribution in [-0.2, 0) is 0 Å².